The molecule has 1 aliphatic heterocycles. The summed E-state index contributed by atoms with van der Waals surface area (Å²) >= 11 is 6.13. The van der Waals surface area contributed by atoms with Crippen molar-refractivity contribution in [1.29, 1.82) is 0 Å². The van der Waals surface area contributed by atoms with Gasteiger partial charge in [0.25, 0.3) is 0 Å². The van der Waals surface area contributed by atoms with Crippen molar-refractivity contribution in [3.05, 3.63) is 53.4 Å². The summed E-state index contributed by atoms with van der Waals surface area (Å²) in [6, 6.07) is 9.71. The van der Waals surface area contributed by atoms with E-state index >= 15 is 0 Å². The average molecular weight is 370 g/mol. The van der Waals surface area contributed by atoms with Gasteiger partial charge in [-0.25, -0.2) is 4.98 Å². The fourth-order valence-electron chi connectivity index (χ4n) is 3.54. The molecule has 0 radical (unpaired) electrons. The molecular formula is C19H20ClN5O. The number of halogens is 1. The van der Waals surface area contributed by atoms with E-state index < -0.39 is 0 Å². The largest absolute Gasteiger partial charge is 0.341 e. The number of amides is 1. The number of nitrogens with zero attached hydrogens (tertiary/aromatic N) is 4. The molecule has 4 rings (SSSR count). The second-order valence-corrected chi connectivity index (χ2v) is 6.99. The van der Waals surface area contributed by atoms with E-state index in [0.29, 0.717) is 11.6 Å². The van der Waals surface area contributed by atoms with Crippen LogP contribution in [0.2, 0.25) is 5.02 Å². The number of hydrogen-bond acceptors (Lipinski definition) is 4. The first-order valence-electron chi connectivity index (χ1n) is 8.73. The van der Waals surface area contributed by atoms with Gasteiger partial charge in [-0.05, 0) is 37.1 Å². The van der Waals surface area contributed by atoms with E-state index in [1.165, 1.54) is 0 Å². The average Bonchev–Trinajstić information content (AvgIpc) is 3.10. The second kappa shape index (κ2) is 7.05. The predicted molar refractivity (Wildman–Crippen MR) is 101 cm³/mol. The van der Waals surface area contributed by atoms with E-state index in [0.717, 1.165) is 42.1 Å². The normalized spacial score (nSPS) is 17.6. The summed E-state index contributed by atoms with van der Waals surface area (Å²) in [5, 5.41) is 0.649. The number of carbonyl (C=O) groups excluding carboxylic acids is 1. The highest BCUT2D eigenvalue weighted by molar-refractivity contribution is 6.30. The molecule has 0 saturated carbocycles. The zero-order valence-electron chi connectivity index (χ0n) is 14.3. The predicted octanol–water partition coefficient (Wildman–Crippen LogP) is 2.71. The number of pyridine rings is 2. The summed E-state index contributed by atoms with van der Waals surface area (Å²) < 4.78 is 1.94. The SMILES string of the molecule is NCC(=O)N1CCC[C@H](c2cccc(-c3cnc4ccc(Cl)cn34)n2)C1. The minimum absolute atomic E-state index is 0.00211. The summed E-state index contributed by atoms with van der Waals surface area (Å²) in [6.07, 6.45) is 5.63. The Balaban J connectivity index is 1.66. The van der Waals surface area contributed by atoms with Gasteiger partial charge in [0.2, 0.25) is 5.91 Å². The second-order valence-electron chi connectivity index (χ2n) is 6.55. The molecule has 2 N–H and O–H groups in total. The lowest BCUT2D eigenvalue weighted by molar-refractivity contribution is -0.130. The molecule has 7 heteroatoms. The van der Waals surface area contributed by atoms with Gasteiger partial charge in [-0.3, -0.25) is 14.2 Å². The minimum Gasteiger partial charge on any atom is -0.341 e. The van der Waals surface area contributed by atoms with Gasteiger partial charge in [0.05, 0.1) is 29.2 Å². The molecule has 26 heavy (non-hydrogen) atoms. The zero-order chi connectivity index (χ0) is 18.1. The monoisotopic (exact) mass is 369 g/mol. The molecule has 134 valence electrons. The molecule has 0 unspecified atom stereocenters. The van der Waals surface area contributed by atoms with Crippen LogP contribution in [0.1, 0.15) is 24.5 Å². The van der Waals surface area contributed by atoms with Crippen molar-refractivity contribution in [2.24, 2.45) is 5.73 Å². The third kappa shape index (κ3) is 3.18. The van der Waals surface area contributed by atoms with Crippen LogP contribution in [0.25, 0.3) is 17.0 Å². The molecule has 1 aliphatic rings. The Labute approximate surface area is 156 Å². The molecule has 1 fully saturated rings. The quantitative estimate of drug-likeness (QED) is 0.770. The smallest absolute Gasteiger partial charge is 0.236 e. The Kier molecular flexibility index (Phi) is 4.61. The van der Waals surface area contributed by atoms with Crippen LogP contribution in [0.4, 0.5) is 0 Å². The molecule has 3 aromatic heterocycles. The fraction of sp³-hybridized carbons (Fsp3) is 0.316. The van der Waals surface area contributed by atoms with Gasteiger partial charge in [0.15, 0.2) is 0 Å². The zero-order valence-corrected chi connectivity index (χ0v) is 15.1. The number of rotatable bonds is 3. The van der Waals surface area contributed by atoms with Crippen molar-refractivity contribution >= 4 is 23.2 Å². The lowest BCUT2D eigenvalue weighted by Crippen LogP contribution is -2.42. The van der Waals surface area contributed by atoms with Gasteiger partial charge in [0, 0.05) is 30.9 Å². The maximum atomic E-state index is 11.9. The van der Waals surface area contributed by atoms with Crippen LogP contribution in [0.3, 0.4) is 0 Å². The van der Waals surface area contributed by atoms with Gasteiger partial charge in [-0.15, -0.1) is 0 Å². The number of aromatic nitrogens is 3. The number of carbonyl (C=O) groups is 1. The van der Waals surface area contributed by atoms with E-state index in [9.17, 15) is 4.79 Å². The van der Waals surface area contributed by atoms with E-state index in [4.69, 9.17) is 22.3 Å². The Morgan fingerprint density at radius 1 is 1.31 bits per heavy atom. The Morgan fingerprint density at radius 2 is 2.19 bits per heavy atom. The Hall–Kier alpha value is -2.44. The van der Waals surface area contributed by atoms with Gasteiger partial charge < -0.3 is 10.6 Å². The first-order chi connectivity index (χ1) is 12.7. The number of nitrogens with two attached hydrogens (primary N) is 1. The molecule has 1 amide bonds. The number of likely N-dealkylation sites (tertiary alicyclic amines) is 1. The van der Waals surface area contributed by atoms with Gasteiger partial charge in [-0.1, -0.05) is 17.7 Å². The summed E-state index contributed by atoms with van der Waals surface area (Å²) in [6.45, 7) is 1.51. The van der Waals surface area contributed by atoms with Crippen LogP contribution in [0.15, 0.2) is 42.7 Å². The summed E-state index contributed by atoms with van der Waals surface area (Å²) in [5.41, 5.74) is 9.08. The summed E-state index contributed by atoms with van der Waals surface area (Å²) in [5.74, 6) is 0.226. The summed E-state index contributed by atoms with van der Waals surface area (Å²) in [7, 11) is 0. The highest BCUT2D eigenvalue weighted by Crippen LogP contribution is 2.28. The van der Waals surface area contributed by atoms with Crippen molar-refractivity contribution in [2.75, 3.05) is 19.6 Å². The molecule has 4 heterocycles. The lowest BCUT2D eigenvalue weighted by atomic mass is 9.94. The molecule has 3 aromatic rings. The van der Waals surface area contributed by atoms with E-state index in [2.05, 4.69) is 4.98 Å². The van der Waals surface area contributed by atoms with Crippen LogP contribution < -0.4 is 5.73 Å². The highest BCUT2D eigenvalue weighted by atomic mass is 35.5. The van der Waals surface area contributed by atoms with Crippen LogP contribution >= 0.6 is 11.6 Å². The van der Waals surface area contributed by atoms with Crippen LogP contribution in [0, 0.1) is 0 Å². The molecule has 0 bridgehead atoms. The minimum atomic E-state index is 0.00211. The topological polar surface area (TPSA) is 76.5 Å². The van der Waals surface area contributed by atoms with E-state index in [1.54, 1.807) is 0 Å². The first-order valence-corrected chi connectivity index (χ1v) is 9.11. The highest BCUT2D eigenvalue weighted by Gasteiger charge is 2.25. The van der Waals surface area contributed by atoms with Crippen molar-refractivity contribution in [1.82, 2.24) is 19.3 Å². The molecule has 0 aliphatic carbocycles. The summed E-state index contributed by atoms with van der Waals surface area (Å²) in [4.78, 5) is 23.1. The molecule has 1 atom stereocenters. The van der Waals surface area contributed by atoms with Crippen molar-refractivity contribution in [2.45, 2.75) is 18.8 Å². The van der Waals surface area contributed by atoms with Gasteiger partial charge >= 0.3 is 0 Å². The van der Waals surface area contributed by atoms with Gasteiger partial charge in [0.1, 0.15) is 5.65 Å². The van der Waals surface area contributed by atoms with Gasteiger partial charge in [-0.2, -0.15) is 0 Å². The molecular weight excluding hydrogens is 350 g/mol. The first kappa shape index (κ1) is 17.0. The number of fused-ring (bicyclic) bond motifs is 1. The fourth-order valence-corrected chi connectivity index (χ4v) is 3.70. The van der Waals surface area contributed by atoms with Crippen molar-refractivity contribution < 1.29 is 4.79 Å². The van der Waals surface area contributed by atoms with Crippen LogP contribution in [0.5, 0.6) is 0 Å². The standard InChI is InChI=1S/C19H20ClN5O/c20-14-6-7-18-22-10-17(25(18)12-14)16-5-1-4-15(23-16)13-3-2-8-24(11-13)19(26)9-21/h1,4-7,10,12-13H,2-3,8-9,11,21H2/t13-/m0/s1. The maximum Gasteiger partial charge on any atom is 0.236 e. The van der Waals surface area contributed by atoms with E-state index in [1.807, 2.05) is 52.0 Å². The number of imidazole rings is 1. The molecule has 6 nitrogen and oxygen atoms in total. The Morgan fingerprint density at radius 3 is 3.04 bits per heavy atom. The third-order valence-corrected chi connectivity index (χ3v) is 5.09. The molecule has 0 aromatic carbocycles. The maximum absolute atomic E-state index is 11.9. The van der Waals surface area contributed by atoms with Crippen molar-refractivity contribution in [3.8, 4) is 11.4 Å². The number of piperidine rings is 1. The van der Waals surface area contributed by atoms with E-state index in [-0.39, 0.29) is 18.4 Å². The molecule has 1 saturated heterocycles. The molecule has 0 spiro atoms. The Bertz CT molecular complexity index is 954. The number of hydrogen-bond donors (Lipinski definition) is 1. The van der Waals surface area contributed by atoms with Crippen molar-refractivity contribution in [3.63, 3.8) is 0 Å². The van der Waals surface area contributed by atoms with Crippen LogP contribution in [-0.2, 0) is 4.79 Å². The third-order valence-electron chi connectivity index (χ3n) is 4.87. The lowest BCUT2D eigenvalue weighted by Gasteiger charge is -2.32. The van der Waals surface area contributed by atoms with Crippen LogP contribution in [-0.4, -0.2) is 44.8 Å².